The number of hydrogen-bond acceptors (Lipinski definition) is 4. The molecule has 2 heterocycles. The van der Waals surface area contributed by atoms with Crippen molar-refractivity contribution < 1.29 is 4.74 Å². The van der Waals surface area contributed by atoms with E-state index >= 15 is 0 Å². The fraction of sp³-hybridized carbons (Fsp3) is 0.360. The minimum Gasteiger partial charge on any atom is -0.494 e. The molecular formula is C25H30N4OS. The average Bonchev–Trinajstić information content (AvgIpc) is 2.80. The maximum absolute atomic E-state index is 5.59. The van der Waals surface area contributed by atoms with Gasteiger partial charge in [0, 0.05) is 36.0 Å². The summed E-state index contributed by atoms with van der Waals surface area (Å²) in [5, 5.41) is 8.27. The molecule has 1 saturated heterocycles. The van der Waals surface area contributed by atoms with Crippen molar-refractivity contribution in [2.45, 2.75) is 32.7 Å². The minimum atomic E-state index is 0.0954. The molecular weight excluding hydrogens is 404 g/mol. The standard InChI is InChI=1S/C25H30N4OS/c1-17-12-15-29(16-13-17)20-8-6-19(7-9-20)18(2)27-25(31)28-22-10-11-23(30-3)24-21(22)5-4-14-26-24/h4-11,14,17-18H,12-13,15-16H2,1-3H3,(H2,27,28,31). The third-order valence-corrected chi connectivity index (χ3v) is 6.31. The van der Waals surface area contributed by atoms with Gasteiger partial charge in [0.2, 0.25) is 0 Å². The van der Waals surface area contributed by atoms with E-state index in [0.717, 1.165) is 41.3 Å². The smallest absolute Gasteiger partial charge is 0.171 e. The van der Waals surface area contributed by atoms with Gasteiger partial charge in [0.25, 0.3) is 0 Å². The Kier molecular flexibility index (Phi) is 6.56. The van der Waals surface area contributed by atoms with Gasteiger partial charge in [-0.3, -0.25) is 4.98 Å². The normalized spacial score (nSPS) is 15.5. The Hall–Kier alpha value is -2.86. The number of nitrogens with zero attached hydrogens (tertiary/aromatic N) is 2. The lowest BCUT2D eigenvalue weighted by Gasteiger charge is -2.32. The largest absolute Gasteiger partial charge is 0.494 e. The van der Waals surface area contributed by atoms with Crippen molar-refractivity contribution in [3.05, 3.63) is 60.3 Å². The molecule has 1 atom stereocenters. The van der Waals surface area contributed by atoms with Crippen LogP contribution in [0.5, 0.6) is 5.75 Å². The molecule has 31 heavy (non-hydrogen) atoms. The molecule has 1 aromatic heterocycles. The van der Waals surface area contributed by atoms with Gasteiger partial charge in [-0.1, -0.05) is 19.1 Å². The summed E-state index contributed by atoms with van der Waals surface area (Å²) in [4.78, 5) is 6.93. The van der Waals surface area contributed by atoms with E-state index in [1.807, 2.05) is 24.3 Å². The summed E-state index contributed by atoms with van der Waals surface area (Å²) in [6, 6.07) is 16.7. The first-order valence-corrected chi connectivity index (χ1v) is 11.3. The van der Waals surface area contributed by atoms with Crippen molar-refractivity contribution in [1.82, 2.24) is 10.3 Å². The second-order valence-corrected chi connectivity index (χ2v) is 8.70. The fourth-order valence-electron chi connectivity index (χ4n) is 4.10. The first-order chi connectivity index (χ1) is 15.0. The molecule has 1 fully saturated rings. The molecule has 1 aliphatic heterocycles. The molecule has 6 heteroatoms. The summed E-state index contributed by atoms with van der Waals surface area (Å²) in [7, 11) is 1.65. The second-order valence-electron chi connectivity index (χ2n) is 8.30. The van der Waals surface area contributed by atoms with Crippen LogP contribution in [0.4, 0.5) is 11.4 Å². The van der Waals surface area contributed by atoms with Crippen LogP contribution in [-0.4, -0.2) is 30.3 Å². The minimum absolute atomic E-state index is 0.0954. The number of pyridine rings is 1. The van der Waals surface area contributed by atoms with Gasteiger partial charge in [-0.2, -0.15) is 0 Å². The summed E-state index contributed by atoms with van der Waals surface area (Å²) in [5.74, 6) is 1.59. The topological polar surface area (TPSA) is 49.4 Å². The van der Waals surface area contributed by atoms with Crippen LogP contribution in [0.2, 0.25) is 0 Å². The molecule has 0 bridgehead atoms. The van der Waals surface area contributed by atoms with Gasteiger partial charge in [-0.25, -0.2) is 0 Å². The van der Waals surface area contributed by atoms with Gasteiger partial charge in [0.05, 0.1) is 13.2 Å². The van der Waals surface area contributed by atoms with Crippen molar-refractivity contribution in [2.24, 2.45) is 5.92 Å². The van der Waals surface area contributed by atoms with Crippen LogP contribution < -0.4 is 20.3 Å². The van der Waals surface area contributed by atoms with Gasteiger partial charge in [0.1, 0.15) is 11.3 Å². The number of nitrogens with one attached hydrogen (secondary N) is 2. The lowest BCUT2D eigenvalue weighted by Crippen LogP contribution is -2.33. The molecule has 2 aromatic carbocycles. The van der Waals surface area contributed by atoms with E-state index in [0.29, 0.717) is 5.11 Å². The van der Waals surface area contributed by atoms with Crippen LogP contribution in [0.1, 0.15) is 38.3 Å². The predicted molar refractivity (Wildman–Crippen MR) is 133 cm³/mol. The van der Waals surface area contributed by atoms with Crippen molar-refractivity contribution in [1.29, 1.82) is 0 Å². The van der Waals surface area contributed by atoms with E-state index in [4.69, 9.17) is 17.0 Å². The number of piperidine rings is 1. The molecule has 0 spiro atoms. The van der Waals surface area contributed by atoms with Crippen molar-refractivity contribution in [3.63, 3.8) is 0 Å². The van der Waals surface area contributed by atoms with Gasteiger partial charge < -0.3 is 20.3 Å². The average molecular weight is 435 g/mol. The Balaban J connectivity index is 1.40. The first-order valence-electron chi connectivity index (χ1n) is 10.9. The highest BCUT2D eigenvalue weighted by molar-refractivity contribution is 7.80. The van der Waals surface area contributed by atoms with E-state index in [2.05, 4.69) is 58.6 Å². The number of thiocarbonyl (C=S) groups is 1. The highest BCUT2D eigenvalue weighted by atomic mass is 32.1. The number of ether oxygens (including phenoxy) is 1. The molecule has 5 nitrogen and oxygen atoms in total. The highest BCUT2D eigenvalue weighted by Crippen LogP contribution is 2.30. The van der Waals surface area contributed by atoms with E-state index < -0.39 is 0 Å². The van der Waals surface area contributed by atoms with E-state index in [-0.39, 0.29) is 6.04 Å². The van der Waals surface area contributed by atoms with Crippen LogP contribution in [0.25, 0.3) is 10.9 Å². The summed E-state index contributed by atoms with van der Waals surface area (Å²) >= 11 is 5.59. The highest BCUT2D eigenvalue weighted by Gasteiger charge is 2.16. The number of benzene rings is 2. The lowest BCUT2D eigenvalue weighted by atomic mass is 9.98. The molecule has 0 saturated carbocycles. The first kappa shape index (κ1) is 21.4. The van der Waals surface area contributed by atoms with E-state index in [1.165, 1.54) is 24.1 Å². The van der Waals surface area contributed by atoms with E-state index in [1.54, 1.807) is 13.3 Å². The zero-order valence-electron chi connectivity index (χ0n) is 18.4. The monoisotopic (exact) mass is 434 g/mol. The predicted octanol–water partition coefficient (Wildman–Crippen LogP) is 5.53. The van der Waals surface area contributed by atoms with Crippen LogP contribution in [0, 0.1) is 5.92 Å². The zero-order chi connectivity index (χ0) is 21.8. The van der Waals surface area contributed by atoms with Gasteiger partial charge in [0.15, 0.2) is 5.11 Å². The Morgan fingerprint density at radius 2 is 1.87 bits per heavy atom. The molecule has 1 unspecified atom stereocenters. The maximum Gasteiger partial charge on any atom is 0.171 e. The molecule has 4 rings (SSSR count). The third kappa shape index (κ3) is 4.90. The Morgan fingerprint density at radius 1 is 1.13 bits per heavy atom. The second kappa shape index (κ2) is 9.52. The van der Waals surface area contributed by atoms with Gasteiger partial charge in [-0.15, -0.1) is 0 Å². The Morgan fingerprint density at radius 3 is 2.58 bits per heavy atom. The summed E-state index contributed by atoms with van der Waals surface area (Å²) in [6.07, 6.45) is 4.31. The molecule has 1 aliphatic rings. The SMILES string of the molecule is COc1ccc(NC(=S)NC(C)c2ccc(N3CCC(C)CC3)cc2)c2cccnc12. The number of aromatic nitrogens is 1. The Labute approximate surface area is 189 Å². The number of hydrogen-bond donors (Lipinski definition) is 2. The molecule has 0 radical (unpaired) electrons. The van der Waals surface area contributed by atoms with Gasteiger partial charge in [-0.05, 0) is 79.9 Å². The summed E-state index contributed by atoms with van der Waals surface area (Å²) < 4.78 is 5.43. The number of methoxy groups -OCH3 is 1. The molecule has 0 amide bonds. The molecule has 0 aliphatic carbocycles. The van der Waals surface area contributed by atoms with Crippen LogP contribution in [0.15, 0.2) is 54.7 Å². The van der Waals surface area contributed by atoms with Crippen LogP contribution >= 0.6 is 12.2 Å². The van der Waals surface area contributed by atoms with Crippen molar-refractivity contribution >= 4 is 39.6 Å². The summed E-state index contributed by atoms with van der Waals surface area (Å²) in [6.45, 7) is 6.76. The lowest BCUT2D eigenvalue weighted by molar-refractivity contribution is 0.419. The molecule has 2 N–H and O–H groups in total. The van der Waals surface area contributed by atoms with Crippen molar-refractivity contribution in [3.8, 4) is 5.75 Å². The maximum atomic E-state index is 5.59. The van der Waals surface area contributed by atoms with E-state index in [9.17, 15) is 0 Å². The van der Waals surface area contributed by atoms with Crippen LogP contribution in [-0.2, 0) is 0 Å². The third-order valence-electron chi connectivity index (χ3n) is 6.09. The number of rotatable bonds is 5. The summed E-state index contributed by atoms with van der Waals surface area (Å²) in [5.41, 5.74) is 4.23. The number of anilines is 2. The van der Waals surface area contributed by atoms with Crippen LogP contribution in [0.3, 0.4) is 0 Å². The van der Waals surface area contributed by atoms with Crippen molar-refractivity contribution in [2.75, 3.05) is 30.4 Å². The fourth-order valence-corrected chi connectivity index (χ4v) is 4.39. The molecule has 3 aromatic rings. The molecule has 162 valence electrons. The quantitative estimate of drug-likeness (QED) is 0.515. The van der Waals surface area contributed by atoms with Gasteiger partial charge >= 0.3 is 0 Å². The number of fused-ring (bicyclic) bond motifs is 1. The zero-order valence-corrected chi connectivity index (χ0v) is 19.2. The Bertz CT molecular complexity index is 1050.